The molecule has 3 aromatic carbocycles. The first-order chi connectivity index (χ1) is 15.1. The Hall–Kier alpha value is -3.47. The monoisotopic (exact) mass is 418 g/mol. The molecule has 0 radical (unpaired) electrons. The number of hydrogen-bond donors (Lipinski definition) is 2. The minimum absolute atomic E-state index is 0.129. The van der Waals surface area contributed by atoms with Gasteiger partial charge in [-0.25, -0.2) is 0 Å². The Labute approximate surface area is 184 Å². The minimum Gasteiger partial charge on any atom is -0.493 e. The quantitative estimate of drug-likeness (QED) is 0.429. The summed E-state index contributed by atoms with van der Waals surface area (Å²) in [6.07, 6.45) is 1.91. The number of carbonyl (C=O) groups excluding carboxylic acids is 1. The molecular formula is C26H30N2O3. The first-order valence-corrected chi connectivity index (χ1v) is 10.7. The van der Waals surface area contributed by atoms with Crippen molar-refractivity contribution in [1.82, 2.24) is 0 Å². The topological polar surface area (TPSA) is 59.6 Å². The number of amides is 1. The normalized spacial score (nSPS) is 11.4. The summed E-state index contributed by atoms with van der Waals surface area (Å²) in [7, 11) is 0. The molecule has 0 spiro atoms. The Morgan fingerprint density at radius 2 is 1.61 bits per heavy atom. The van der Waals surface area contributed by atoms with Crippen LogP contribution in [0.3, 0.4) is 0 Å². The van der Waals surface area contributed by atoms with Gasteiger partial charge in [-0.15, -0.1) is 0 Å². The highest BCUT2D eigenvalue weighted by atomic mass is 16.5. The third-order valence-electron chi connectivity index (χ3n) is 4.82. The van der Waals surface area contributed by atoms with Crippen molar-refractivity contribution in [3.63, 3.8) is 0 Å². The van der Waals surface area contributed by atoms with Gasteiger partial charge in [0, 0.05) is 29.9 Å². The van der Waals surface area contributed by atoms with Crippen LogP contribution in [0.5, 0.6) is 11.5 Å². The molecule has 1 amide bonds. The van der Waals surface area contributed by atoms with Crippen molar-refractivity contribution < 1.29 is 14.3 Å². The maximum Gasteiger partial charge on any atom is 0.243 e. The smallest absolute Gasteiger partial charge is 0.243 e. The molecule has 5 heteroatoms. The van der Waals surface area contributed by atoms with Crippen LogP contribution >= 0.6 is 0 Å². The molecule has 1 unspecified atom stereocenters. The third-order valence-corrected chi connectivity index (χ3v) is 4.82. The molecule has 162 valence electrons. The summed E-state index contributed by atoms with van der Waals surface area (Å²) in [5.41, 5.74) is 2.79. The average molecular weight is 419 g/mol. The molecule has 3 aromatic rings. The molecule has 0 saturated heterocycles. The van der Waals surface area contributed by atoms with E-state index >= 15 is 0 Å². The van der Waals surface area contributed by atoms with Crippen molar-refractivity contribution in [2.75, 3.05) is 23.8 Å². The molecule has 2 N–H and O–H groups in total. The molecule has 0 fully saturated rings. The highest BCUT2D eigenvalue weighted by Crippen LogP contribution is 2.20. The fraction of sp³-hybridized carbons (Fsp3) is 0.269. The Morgan fingerprint density at radius 1 is 0.903 bits per heavy atom. The molecular weight excluding hydrogens is 388 g/mol. The second-order valence-electron chi connectivity index (χ2n) is 7.38. The lowest BCUT2D eigenvalue weighted by Crippen LogP contribution is -2.21. The van der Waals surface area contributed by atoms with Crippen molar-refractivity contribution in [2.45, 2.75) is 32.8 Å². The summed E-state index contributed by atoms with van der Waals surface area (Å²) in [5, 5.41) is 6.04. The standard InChI is InChI=1S/C26H30N2O3/c1-3-20(2)31-25-14-8-12-23(18-25)28-26(29)19-27-22-11-7-13-24(17-22)30-16-15-21-9-5-4-6-10-21/h4-14,17-18,20,27H,3,15-16,19H2,1-2H3,(H,28,29). The number of nitrogens with one attached hydrogen (secondary N) is 2. The highest BCUT2D eigenvalue weighted by molar-refractivity contribution is 5.93. The van der Waals surface area contributed by atoms with Crippen LogP contribution in [-0.2, 0) is 11.2 Å². The fourth-order valence-corrected chi connectivity index (χ4v) is 2.98. The SMILES string of the molecule is CCC(C)Oc1cccc(NC(=O)CNc2cccc(OCCc3ccccc3)c2)c1. The lowest BCUT2D eigenvalue weighted by atomic mass is 10.2. The van der Waals surface area contributed by atoms with Gasteiger partial charge in [-0.05, 0) is 43.2 Å². The van der Waals surface area contributed by atoms with E-state index in [9.17, 15) is 4.79 Å². The van der Waals surface area contributed by atoms with Crippen LogP contribution in [0.15, 0.2) is 78.9 Å². The minimum atomic E-state index is -0.129. The molecule has 1 atom stereocenters. The number of hydrogen-bond acceptors (Lipinski definition) is 4. The zero-order valence-corrected chi connectivity index (χ0v) is 18.1. The van der Waals surface area contributed by atoms with Crippen LogP contribution in [-0.4, -0.2) is 25.2 Å². The Balaban J connectivity index is 1.46. The lowest BCUT2D eigenvalue weighted by Gasteiger charge is -2.14. The zero-order chi connectivity index (χ0) is 21.9. The lowest BCUT2D eigenvalue weighted by molar-refractivity contribution is -0.114. The van der Waals surface area contributed by atoms with Gasteiger partial charge in [-0.3, -0.25) is 4.79 Å². The Bertz CT molecular complexity index is 960. The molecule has 5 nitrogen and oxygen atoms in total. The van der Waals surface area contributed by atoms with Crippen LogP contribution in [0.2, 0.25) is 0 Å². The van der Waals surface area contributed by atoms with Gasteiger partial charge >= 0.3 is 0 Å². The molecule has 0 saturated carbocycles. The first-order valence-electron chi connectivity index (χ1n) is 10.7. The van der Waals surface area contributed by atoms with E-state index in [1.807, 2.05) is 73.7 Å². The van der Waals surface area contributed by atoms with Crippen LogP contribution in [0.4, 0.5) is 11.4 Å². The van der Waals surface area contributed by atoms with Crippen molar-refractivity contribution >= 4 is 17.3 Å². The average Bonchev–Trinajstić information content (AvgIpc) is 2.79. The number of carbonyl (C=O) groups is 1. The van der Waals surface area contributed by atoms with Crippen molar-refractivity contribution in [1.29, 1.82) is 0 Å². The Morgan fingerprint density at radius 3 is 2.39 bits per heavy atom. The van der Waals surface area contributed by atoms with Crippen LogP contribution in [0, 0.1) is 0 Å². The summed E-state index contributed by atoms with van der Waals surface area (Å²) in [4.78, 5) is 12.3. The number of benzene rings is 3. The van der Waals surface area contributed by atoms with Gasteiger partial charge in [0.15, 0.2) is 0 Å². The first kappa shape index (κ1) is 22.2. The van der Waals surface area contributed by atoms with Gasteiger partial charge in [0.25, 0.3) is 0 Å². The molecule has 0 aliphatic rings. The van der Waals surface area contributed by atoms with Crippen LogP contribution < -0.4 is 20.1 Å². The van der Waals surface area contributed by atoms with E-state index < -0.39 is 0 Å². The molecule has 0 aromatic heterocycles. The molecule has 31 heavy (non-hydrogen) atoms. The molecule has 0 aliphatic carbocycles. The van der Waals surface area contributed by atoms with E-state index in [1.54, 1.807) is 0 Å². The predicted molar refractivity (Wildman–Crippen MR) is 126 cm³/mol. The number of ether oxygens (including phenoxy) is 2. The second kappa shape index (κ2) is 11.6. The summed E-state index contributed by atoms with van der Waals surface area (Å²) in [6, 6.07) is 25.3. The zero-order valence-electron chi connectivity index (χ0n) is 18.1. The van der Waals surface area contributed by atoms with Crippen molar-refractivity contribution in [2.24, 2.45) is 0 Å². The molecule has 0 aliphatic heterocycles. The van der Waals surface area contributed by atoms with Gasteiger partial charge < -0.3 is 20.1 Å². The maximum atomic E-state index is 12.3. The van der Waals surface area contributed by atoms with Gasteiger partial charge in [0.1, 0.15) is 11.5 Å². The van der Waals surface area contributed by atoms with Crippen LogP contribution in [0.1, 0.15) is 25.8 Å². The number of rotatable bonds is 11. The van der Waals surface area contributed by atoms with E-state index in [2.05, 4.69) is 29.7 Å². The van der Waals surface area contributed by atoms with E-state index in [4.69, 9.17) is 9.47 Å². The van der Waals surface area contributed by atoms with Gasteiger partial charge in [-0.1, -0.05) is 49.4 Å². The third kappa shape index (κ3) is 7.70. The summed E-state index contributed by atoms with van der Waals surface area (Å²) < 4.78 is 11.7. The molecule has 3 rings (SSSR count). The van der Waals surface area contributed by atoms with Crippen molar-refractivity contribution in [3.05, 3.63) is 84.4 Å². The summed E-state index contributed by atoms with van der Waals surface area (Å²) in [6.45, 7) is 4.85. The molecule has 0 bridgehead atoms. The highest BCUT2D eigenvalue weighted by Gasteiger charge is 2.06. The number of anilines is 2. The van der Waals surface area contributed by atoms with Crippen LogP contribution in [0.25, 0.3) is 0 Å². The van der Waals surface area contributed by atoms with E-state index in [1.165, 1.54) is 5.56 Å². The van der Waals surface area contributed by atoms with Gasteiger partial charge in [0.05, 0.1) is 19.3 Å². The van der Waals surface area contributed by atoms with Crippen molar-refractivity contribution in [3.8, 4) is 11.5 Å². The molecule has 0 heterocycles. The van der Waals surface area contributed by atoms with E-state index in [0.29, 0.717) is 12.3 Å². The second-order valence-corrected chi connectivity index (χ2v) is 7.38. The summed E-state index contributed by atoms with van der Waals surface area (Å²) >= 11 is 0. The predicted octanol–water partition coefficient (Wildman–Crippen LogP) is 5.54. The fourth-order valence-electron chi connectivity index (χ4n) is 2.98. The summed E-state index contributed by atoms with van der Waals surface area (Å²) in [5.74, 6) is 1.40. The van der Waals surface area contributed by atoms with E-state index in [0.717, 1.165) is 30.0 Å². The van der Waals surface area contributed by atoms with Gasteiger partial charge in [0.2, 0.25) is 5.91 Å². The largest absolute Gasteiger partial charge is 0.493 e. The maximum absolute atomic E-state index is 12.3. The van der Waals surface area contributed by atoms with Gasteiger partial charge in [-0.2, -0.15) is 0 Å². The Kier molecular flexibility index (Phi) is 8.35. The van der Waals surface area contributed by atoms with E-state index in [-0.39, 0.29) is 18.6 Å².